The minimum atomic E-state index is -0.0151. The van der Waals surface area contributed by atoms with E-state index in [0.717, 1.165) is 12.2 Å². The zero-order chi connectivity index (χ0) is 16.2. The Bertz CT molecular complexity index is 487. The van der Waals surface area contributed by atoms with Crippen molar-refractivity contribution in [3.8, 4) is 5.75 Å². The lowest BCUT2D eigenvalue weighted by Gasteiger charge is -2.29. The molecule has 1 aromatic carbocycles. The standard InChI is InChI=1S/C19H29NO2/c1-14-7-5-6-8-17(14)20-18(21)13-22-16-11-9-15(10-12-16)19(2,3)4/h9-12,14,17H,5-8,13H2,1-4H3,(H,20,21)/t14-,17+/m1/s1. The van der Waals surface area contributed by atoms with Crippen LogP contribution in [0.3, 0.4) is 0 Å². The van der Waals surface area contributed by atoms with Crippen LogP contribution in [-0.4, -0.2) is 18.6 Å². The van der Waals surface area contributed by atoms with Crippen LogP contribution in [-0.2, 0) is 10.2 Å². The second kappa shape index (κ2) is 7.17. The van der Waals surface area contributed by atoms with Gasteiger partial charge < -0.3 is 10.1 Å². The fraction of sp³-hybridized carbons (Fsp3) is 0.632. The van der Waals surface area contributed by atoms with Gasteiger partial charge >= 0.3 is 0 Å². The molecule has 2 rings (SSSR count). The second-order valence-corrected chi connectivity index (χ2v) is 7.50. The molecule has 1 aliphatic rings. The van der Waals surface area contributed by atoms with E-state index in [1.807, 2.05) is 12.1 Å². The molecule has 0 saturated heterocycles. The van der Waals surface area contributed by atoms with Gasteiger partial charge in [0.15, 0.2) is 6.61 Å². The van der Waals surface area contributed by atoms with Crippen LogP contribution in [0.15, 0.2) is 24.3 Å². The Kier molecular flexibility index (Phi) is 5.49. The molecular formula is C19H29NO2. The SMILES string of the molecule is C[C@@H]1CCCC[C@@H]1NC(=O)COc1ccc(C(C)(C)C)cc1. The van der Waals surface area contributed by atoms with Gasteiger partial charge in [-0.25, -0.2) is 0 Å². The third-order valence-corrected chi connectivity index (χ3v) is 4.55. The van der Waals surface area contributed by atoms with E-state index in [0.29, 0.717) is 12.0 Å². The maximum absolute atomic E-state index is 12.0. The Hall–Kier alpha value is -1.51. The zero-order valence-electron chi connectivity index (χ0n) is 14.3. The van der Waals surface area contributed by atoms with E-state index in [9.17, 15) is 4.79 Å². The van der Waals surface area contributed by atoms with Gasteiger partial charge in [0.25, 0.3) is 5.91 Å². The van der Waals surface area contributed by atoms with Crippen LogP contribution < -0.4 is 10.1 Å². The minimum absolute atomic E-state index is 0.0151. The Labute approximate surface area is 134 Å². The van der Waals surface area contributed by atoms with E-state index in [-0.39, 0.29) is 17.9 Å². The minimum Gasteiger partial charge on any atom is -0.484 e. The molecule has 122 valence electrons. The largest absolute Gasteiger partial charge is 0.484 e. The van der Waals surface area contributed by atoms with Gasteiger partial charge in [-0.15, -0.1) is 0 Å². The molecule has 1 aliphatic carbocycles. The van der Waals surface area contributed by atoms with Crippen molar-refractivity contribution in [2.75, 3.05) is 6.61 Å². The van der Waals surface area contributed by atoms with Crippen molar-refractivity contribution in [1.82, 2.24) is 5.32 Å². The summed E-state index contributed by atoms with van der Waals surface area (Å²) < 4.78 is 5.60. The Morgan fingerprint density at radius 3 is 2.41 bits per heavy atom. The second-order valence-electron chi connectivity index (χ2n) is 7.50. The molecule has 0 aromatic heterocycles. The Morgan fingerprint density at radius 2 is 1.82 bits per heavy atom. The highest BCUT2D eigenvalue weighted by atomic mass is 16.5. The average molecular weight is 303 g/mol. The zero-order valence-corrected chi connectivity index (χ0v) is 14.3. The van der Waals surface area contributed by atoms with Crippen LogP contribution in [0.25, 0.3) is 0 Å². The van der Waals surface area contributed by atoms with Crippen molar-refractivity contribution in [2.24, 2.45) is 5.92 Å². The van der Waals surface area contributed by atoms with Gasteiger partial charge in [0, 0.05) is 6.04 Å². The first-order valence-corrected chi connectivity index (χ1v) is 8.39. The van der Waals surface area contributed by atoms with Crippen LogP contribution >= 0.6 is 0 Å². The third-order valence-electron chi connectivity index (χ3n) is 4.55. The van der Waals surface area contributed by atoms with Gasteiger partial charge in [0.05, 0.1) is 0 Å². The summed E-state index contributed by atoms with van der Waals surface area (Å²) in [7, 11) is 0. The summed E-state index contributed by atoms with van der Waals surface area (Å²) in [6.45, 7) is 8.86. The van der Waals surface area contributed by atoms with E-state index in [4.69, 9.17) is 4.74 Å². The fourth-order valence-electron chi connectivity index (χ4n) is 2.98. The quantitative estimate of drug-likeness (QED) is 0.911. The highest BCUT2D eigenvalue weighted by Crippen LogP contribution is 2.25. The number of carbonyl (C=O) groups is 1. The lowest BCUT2D eigenvalue weighted by atomic mass is 9.86. The molecule has 22 heavy (non-hydrogen) atoms. The van der Waals surface area contributed by atoms with Crippen LogP contribution in [0.2, 0.25) is 0 Å². The summed E-state index contributed by atoms with van der Waals surface area (Å²) in [5.74, 6) is 1.31. The van der Waals surface area contributed by atoms with E-state index in [2.05, 4.69) is 45.1 Å². The molecule has 0 bridgehead atoms. The number of nitrogens with one attached hydrogen (secondary N) is 1. The Morgan fingerprint density at radius 1 is 1.18 bits per heavy atom. The predicted molar refractivity (Wildman–Crippen MR) is 90.2 cm³/mol. The molecule has 0 aliphatic heterocycles. The third kappa shape index (κ3) is 4.75. The van der Waals surface area contributed by atoms with Crippen molar-refractivity contribution in [3.05, 3.63) is 29.8 Å². The van der Waals surface area contributed by atoms with Gasteiger partial charge in [-0.05, 0) is 41.9 Å². The van der Waals surface area contributed by atoms with Crippen LogP contribution in [0.4, 0.5) is 0 Å². The Balaban J connectivity index is 1.81. The van der Waals surface area contributed by atoms with Gasteiger partial charge in [-0.3, -0.25) is 4.79 Å². The van der Waals surface area contributed by atoms with Crippen LogP contribution in [0.5, 0.6) is 5.75 Å². The highest BCUT2D eigenvalue weighted by Gasteiger charge is 2.22. The first-order chi connectivity index (χ1) is 10.4. The van der Waals surface area contributed by atoms with E-state index in [1.54, 1.807) is 0 Å². The van der Waals surface area contributed by atoms with Gasteiger partial charge in [-0.2, -0.15) is 0 Å². The number of hydrogen-bond acceptors (Lipinski definition) is 2. The van der Waals surface area contributed by atoms with E-state index < -0.39 is 0 Å². The molecule has 0 heterocycles. The number of amides is 1. The monoisotopic (exact) mass is 303 g/mol. The summed E-state index contributed by atoms with van der Waals surface area (Å²) in [5, 5.41) is 3.11. The fourth-order valence-corrected chi connectivity index (χ4v) is 2.98. The van der Waals surface area contributed by atoms with Crippen LogP contribution in [0.1, 0.15) is 58.9 Å². The molecule has 3 heteroatoms. The first kappa shape index (κ1) is 16.9. The maximum Gasteiger partial charge on any atom is 0.258 e. The lowest BCUT2D eigenvalue weighted by Crippen LogP contribution is -2.43. The highest BCUT2D eigenvalue weighted by molar-refractivity contribution is 5.77. The van der Waals surface area contributed by atoms with Gasteiger partial charge in [0.2, 0.25) is 0 Å². The summed E-state index contributed by atoms with van der Waals surface area (Å²) in [6, 6.07) is 8.33. The van der Waals surface area contributed by atoms with Crippen molar-refractivity contribution in [2.45, 2.75) is 64.8 Å². The smallest absolute Gasteiger partial charge is 0.258 e. The van der Waals surface area contributed by atoms with Crippen molar-refractivity contribution in [3.63, 3.8) is 0 Å². The molecule has 1 amide bonds. The van der Waals surface area contributed by atoms with Gasteiger partial charge in [-0.1, -0.05) is 52.7 Å². The average Bonchev–Trinajstić information content (AvgIpc) is 2.47. The first-order valence-electron chi connectivity index (χ1n) is 8.39. The molecule has 0 spiro atoms. The summed E-state index contributed by atoms with van der Waals surface area (Å²) >= 11 is 0. The maximum atomic E-state index is 12.0. The van der Waals surface area contributed by atoms with E-state index in [1.165, 1.54) is 24.8 Å². The van der Waals surface area contributed by atoms with Gasteiger partial charge in [0.1, 0.15) is 5.75 Å². The number of ether oxygens (including phenoxy) is 1. The number of rotatable bonds is 4. The van der Waals surface area contributed by atoms with Crippen molar-refractivity contribution >= 4 is 5.91 Å². The number of hydrogen-bond donors (Lipinski definition) is 1. The molecule has 1 N–H and O–H groups in total. The molecule has 0 unspecified atom stereocenters. The molecule has 1 saturated carbocycles. The molecule has 1 aromatic rings. The summed E-state index contributed by atoms with van der Waals surface area (Å²) in [4.78, 5) is 12.0. The molecule has 0 radical (unpaired) electrons. The van der Waals surface area contributed by atoms with Crippen molar-refractivity contribution < 1.29 is 9.53 Å². The van der Waals surface area contributed by atoms with Crippen LogP contribution in [0, 0.1) is 5.92 Å². The number of benzene rings is 1. The number of carbonyl (C=O) groups excluding carboxylic acids is 1. The molecular weight excluding hydrogens is 274 g/mol. The molecule has 1 fully saturated rings. The molecule has 2 atom stereocenters. The van der Waals surface area contributed by atoms with Crippen molar-refractivity contribution in [1.29, 1.82) is 0 Å². The summed E-state index contributed by atoms with van der Waals surface area (Å²) in [6.07, 6.45) is 4.79. The predicted octanol–water partition coefficient (Wildman–Crippen LogP) is 4.06. The topological polar surface area (TPSA) is 38.3 Å². The molecule has 3 nitrogen and oxygen atoms in total. The summed E-state index contributed by atoms with van der Waals surface area (Å²) in [5.41, 5.74) is 1.40. The van der Waals surface area contributed by atoms with E-state index >= 15 is 0 Å². The normalized spacial score (nSPS) is 22.2. The lowest BCUT2D eigenvalue weighted by molar-refractivity contribution is -0.124.